The number of aliphatic hydroxyl groups excluding tert-OH is 1. The quantitative estimate of drug-likeness (QED) is 0.763. The number of ether oxygens (including phenoxy) is 1. The fourth-order valence-electron chi connectivity index (χ4n) is 0.834. The molecule has 72 valence electrons. The van der Waals surface area contributed by atoms with E-state index >= 15 is 0 Å². The van der Waals surface area contributed by atoms with Crippen LogP contribution in [0.3, 0.4) is 0 Å². The minimum Gasteiger partial charge on any atom is -0.492 e. The van der Waals surface area contributed by atoms with E-state index in [1.165, 1.54) is 18.2 Å². The molecule has 0 aromatic heterocycles. The Hall–Kier alpha value is -0.800. The second-order valence-corrected chi connectivity index (χ2v) is 2.91. The van der Waals surface area contributed by atoms with Gasteiger partial charge in [-0.05, 0) is 12.1 Å². The third kappa shape index (κ3) is 3.20. The van der Waals surface area contributed by atoms with Crippen molar-refractivity contribution >= 4 is 11.6 Å². The van der Waals surface area contributed by atoms with Crippen molar-refractivity contribution in [3.63, 3.8) is 0 Å². The molecule has 0 saturated heterocycles. The summed E-state index contributed by atoms with van der Waals surface area (Å²) in [6, 6.07) is 3.92. The van der Waals surface area contributed by atoms with Crippen LogP contribution in [0.1, 0.15) is 6.42 Å². The molecule has 0 radical (unpaired) electrons. The summed E-state index contributed by atoms with van der Waals surface area (Å²) in [4.78, 5) is 0. The molecule has 1 N–H and O–H groups in total. The van der Waals surface area contributed by atoms with E-state index < -0.39 is 0 Å². The molecular weight excluding hydrogens is 195 g/mol. The topological polar surface area (TPSA) is 29.5 Å². The van der Waals surface area contributed by atoms with Gasteiger partial charge in [-0.1, -0.05) is 11.6 Å². The highest BCUT2D eigenvalue weighted by Crippen LogP contribution is 2.24. The average Bonchev–Trinajstić information content (AvgIpc) is 2.11. The first-order valence-corrected chi connectivity index (χ1v) is 4.30. The van der Waals surface area contributed by atoms with Crippen LogP contribution in [-0.2, 0) is 0 Å². The van der Waals surface area contributed by atoms with Crippen LogP contribution in [0.15, 0.2) is 18.2 Å². The van der Waals surface area contributed by atoms with Gasteiger partial charge in [-0.25, -0.2) is 4.39 Å². The van der Waals surface area contributed by atoms with E-state index in [4.69, 9.17) is 21.4 Å². The Labute approximate surface area is 80.9 Å². The molecule has 0 saturated carbocycles. The fourth-order valence-corrected chi connectivity index (χ4v) is 1.01. The maximum absolute atomic E-state index is 12.7. The maximum atomic E-state index is 12.7. The molecule has 0 spiro atoms. The van der Waals surface area contributed by atoms with Crippen molar-refractivity contribution in [1.82, 2.24) is 0 Å². The normalized spacial score (nSPS) is 10.1. The van der Waals surface area contributed by atoms with E-state index in [2.05, 4.69) is 0 Å². The smallest absolute Gasteiger partial charge is 0.140 e. The Morgan fingerprint density at radius 3 is 2.92 bits per heavy atom. The van der Waals surface area contributed by atoms with Crippen LogP contribution in [0.25, 0.3) is 0 Å². The van der Waals surface area contributed by atoms with Crippen LogP contribution in [0, 0.1) is 5.82 Å². The predicted octanol–water partition coefficient (Wildman–Crippen LogP) is 2.24. The van der Waals surface area contributed by atoms with Crippen LogP contribution in [0.2, 0.25) is 5.02 Å². The summed E-state index contributed by atoms with van der Waals surface area (Å²) < 4.78 is 17.8. The molecule has 1 aromatic carbocycles. The third-order valence-corrected chi connectivity index (χ3v) is 1.77. The van der Waals surface area contributed by atoms with E-state index in [9.17, 15) is 4.39 Å². The number of hydrogen-bond acceptors (Lipinski definition) is 2. The molecule has 0 fully saturated rings. The highest BCUT2D eigenvalue weighted by atomic mass is 35.5. The Kier molecular flexibility index (Phi) is 3.99. The monoisotopic (exact) mass is 204 g/mol. The molecule has 4 heteroatoms. The molecule has 0 heterocycles. The van der Waals surface area contributed by atoms with Gasteiger partial charge in [0.1, 0.15) is 11.6 Å². The highest BCUT2D eigenvalue weighted by Gasteiger charge is 2.02. The summed E-state index contributed by atoms with van der Waals surface area (Å²) >= 11 is 5.72. The van der Waals surface area contributed by atoms with Gasteiger partial charge in [0.25, 0.3) is 0 Å². The second-order valence-electron chi connectivity index (χ2n) is 2.50. The Balaban J connectivity index is 2.59. The minimum atomic E-state index is -0.386. The maximum Gasteiger partial charge on any atom is 0.140 e. The lowest BCUT2D eigenvalue weighted by atomic mass is 10.3. The van der Waals surface area contributed by atoms with Crippen molar-refractivity contribution in [2.24, 2.45) is 0 Å². The van der Waals surface area contributed by atoms with Gasteiger partial charge in [-0.3, -0.25) is 0 Å². The zero-order chi connectivity index (χ0) is 9.68. The summed E-state index contributed by atoms with van der Waals surface area (Å²) in [6.07, 6.45) is 0.507. The summed E-state index contributed by atoms with van der Waals surface area (Å²) in [7, 11) is 0. The molecule has 0 bridgehead atoms. The summed E-state index contributed by atoms with van der Waals surface area (Å²) in [5.41, 5.74) is 0. The van der Waals surface area contributed by atoms with Crippen molar-refractivity contribution in [3.8, 4) is 5.75 Å². The number of halogens is 2. The first-order valence-electron chi connectivity index (χ1n) is 3.93. The lowest BCUT2D eigenvalue weighted by molar-refractivity contribution is 0.233. The standard InChI is InChI=1S/C9H10ClFO2/c10-8-3-2-7(11)6-9(8)13-5-1-4-12/h2-3,6,12H,1,4-5H2. The summed E-state index contributed by atoms with van der Waals surface area (Å²) in [5.74, 6) is -0.0708. The van der Waals surface area contributed by atoms with E-state index in [0.717, 1.165) is 0 Å². The highest BCUT2D eigenvalue weighted by molar-refractivity contribution is 6.32. The molecule has 0 aliphatic heterocycles. The Bertz CT molecular complexity index is 278. The van der Waals surface area contributed by atoms with E-state index in [1.54, 1.807) is 0 Å². The lowest BCUT2D eigenvalue weighted by Gasteiger charge is -2.06. The summed E-state index contributed by atoms with van der Waals surface area (Å²) in [5, 5.41) is 8.86. The van der Waals surface area contributed by atoms with Crippen molar-refractivity contribution in [2.75, 3.05) is 13.2 Å². The van der Waals surface area contributed by atoms with E-state index in [1.807, 2.05) is 0 Å². The van der Waals surface area contributed by atoms with Gasteiger partial charge in [0, 0.05) is 19.1 Å². The van der Waals surface area contributed by atoms with E-state index in [0.29, 0.717) is 23.8 Å². The largest absolute Gasteiger partial charge is 0.492 e. The summed E-state index contributed by atoms with van der Waals surface area (Å²) in [6.45, 7) is 0.382. The van der Waals surface area contributed by atoms with Crippen molar-refractivity contribution in [3.05, 3.63) is 29.0 Å². The van der Waals surface area contributed by atoms with Gasteiger partial charge >= 0.3 is 0 Å². The minimum absolute atomic E-state index is 0.0485. The van der Waals surface area contributed by atoms with Crippen LogP contribution in [-0.4, -0.2) is 18.3 Å². The molecule has 1 aromatic rings. The van der Waals surface area contributed by atoms with Crippen molar-refractivity contribution in [2.45, 2.75) is 6.42 Å². The van der Waals surface area contributed by atoms with Crippen LogP contribution in [0.4, 0.5) is 4.39 Å². The van der Waals surface area contributed by atoms with Gasteiger partial charge in [0.2, 0.25) is 0 Å². The van der Waals surface area contributed by atoms with Gasteiger partial charge in [0.15, 0.2) is 0 Å². The molecule has 2 nitrogen and oxygen atoms in total. The van der Waals surface area contributed by atoms with E-state index in [-0.39, 0.29) is 12.4 Å². The van der Waals surface area contributed by atoms with Gasteiger partial charge < -0.3 is 9.84 Å². The fraction of sp³-hybridized carbons (Fsp3) is 0.333. The van der Waals surface area contributed by atoms with Crippen molar-refractivity contribution in [1.29, 1.82) is 0 Å². The first kappa shape index (κ1) is 10.3. The van der Waals surface area contributed by atoms with Gasteiger partial charge in [-0.15, -0.1) is 0 Å². The molecule has 0 aliphatic carbocycles. The SMILES string of the molecule is OCCCOc1cc(F)ccc1Cl. The number of aliphatic hydroxyl groups is 1. The molecule has 13 heavy (non-hydrogen) atoms. The Morgan fingerprint density at radius 2 is 2.23 bits per heavy atom. The average molecular weight is 205 g/mol. The lowest BCUT2D eigenvalue weighted by Crippen LogP contribution is -2.00. The third-order valence-electron chi connectivity index (χ3n) is 1.45. The van der Waals surface area contributed by atoms with Crippen LogP contribution >= 0.6 is 11.6 Å². The van der Waals surface area contributed by atoms with Crippen LogP contribution in [0.5, 0.6) is 5.75 Å². The molecule has 0 atom stereocenters. The molecule has 0 unspecified atom stereocenters. The van der Waals surface area contributed by atoms with Crippen molar-refractivity contribution < 1.29 is 14.2 Å². The number of benzene rings is 1. The number of hydrogen-bond donors (Lipinski definition) is 1. The predicted molar refractivity (Wildman–Crippen MR) is 48.6 cm³/mol. The Morgan fingerprint density at radius 1 is 1.46 bits per heavy atom. The van der Waals surface area contributed by atoms with Gasteiger partial charge in [-0.2, -0.15) is 0 Å². The molecular formula is C9H10ClFO2. The zero-order valence-corrected chi connectivity index (χ0v) is 7.72. The first-order chi connectivity index (χ1) is 6.24. The second kappa shape index (κ2) is 5.04. The molecule has 0 aliphatic rings. The molecule has 0 amide bonds. The van der Waals surface area contributed by atoms with Crippen LogP contribution < -0.4 is 4.74 Å². The van der Waals surface area contributed by atoms with Gasteiger partial charge in [0.05, 0.1) is 11.6 Å². The molecule has 1 rings (SSSR count). The number of rotatable bonds is 4. The zero-order valence-electron chi connectivity index (χ0n) is 6.96.